The van der Waals surface area contributed by atoms with Gasteiger partial charge in [0.25, 0.3) is 5.69 Å². The number of carbonyl (C=O) groups excluding carboxylic acids is 1. The van der Waals surface area contributed by atoms with E-state index in [-0.39, 0.29) is 45.9 Å². The summed E-state index contributed by atoms with van der Waals surface area (Å²) in [6.45, 7) is 7.87. The molecule has 0 fully saturated rings. The van der Waals surface area contributed by atoms with Crippen LogP contribution in [0.1, 0.15) is 54.9 Å². The minimum absolute atomic E-state index is 0.0436. The number of hydrogen-bond acceptors (Lipinski definition) is 7. The number of nitrogens with zero attached hydrogens (tertiary/aromatic N) is 3. The summed E-state index contributed by atoms with van der Waals surface area (Å²) in [4.78, 5) is 26.7. The van der Waals surface area contributed by atoms with Gasteiger partial charge in [-0.15, -0.1) is 0 Å². The molecule has 5 rings (SSSR count). The molecule has 2 aliphatic rings. The Balaban J connectivity index is 1.68. The number of anilines is 1. The highest BCUT2D eigenvalue weighted by Crippen LogP contribution is 2.51. The zero-order chi connectivity index (χ0) is 32.1. The molecule has 0 aromatic heterocycles. The van der Waals surface area contributed by atoms with Crippen molar-refractivity contribution in [3.63, 3.8) is 0 Å². The lowest BCUT2D eigenvalue weighted by molar-refractivity contribution is -0.384. The summed E-state index contributed by atoms with van der Waals surface area (Å²) in [7, 11) is 0. The highest BCUT2D eigenvalue weighted by molar-refractivity contribution is 6.32. The van der Waals surface area contributed by atoms with Crippen LogP contribution in [0.3, 0.4) is 0 Å². The molecule has 1 aliphatic carbocycles. The fourth-order valence-electron chi connectivity index (χ4n) is 6.03. The summed E-state index contributed by atoms with van der Waals surface area (Å²) < 4.78 is 19.5. The van der Waals surface area contributed by atoms with E-state index in [1.807, 2.05) is 39.8 Å². The van der Waals surface area contributed by atoms with Crippen LogP contribution in [0.2, 0.25) is 10.0 Å². The molecule has 2 N–H and O–H groups in total. The Labute approximate surface area is 264 Å². The van der Waals surface area contributed by atoms with Crippen molar-refractivity contribution >= 4 is 40.4 Å². The highest BCUT2D eigenvalue weighted by Gasteiger charge is 2.45. The predicted octanol–water partition coefficient (Wildman–Crippen LogP) is 8.18. The summed E-state index contributed by atoms with van der Waals surface area (Å²) in [5.74, 6) is -0.990. The molecule has 44 heavy (non-hydrogen) atoms. The average molecular weight is 636 g/mol. The summed E-state index contributed by atoms with van der Waals surface area (Å²) >= 11 is 12.3. The van der Waals surface area contributed by atoms with Crippen LogP contribution in [-0.4, -0.2) is 10.7 Å². The normalized spacial score (nSPS) is 17.8. The van der Waals surface area contributed by atoms with E-state index in [4.69, 9.17) is 33.7 Å². The minimum Gasteiger partial charge on any atom is -0.487 e. The Bertz CT molecular complexity index is 1840. The first kappa shape index (κ1) is 31.0. The Morgan fingerprint density at radius 3 is 2.50 bits per heavy atom. The van der Waals surface area contributed by atoms with Crippen molar-refractivity contribution in [2.24, 2.45) is 11.1 Å². The van der Waals surface area contributed by atoms with Crippen LogP contribution in [0, 0.1) is 46.5 Å². The van der Waals surface area contributed by atoms with Crippen molar-refractivity contribution in [3.05, 3.63) is 119 Å². The molecule has 11 heteroatoms. The molecular weight excluding hydrogens is 606 g/mol. The van der Waals surface area contributed by atoms with Crippen LogP contribution in [0.15, 0.2) is 71.2 Å². The third-order valence-corrected chi connectivity index (χ3v) is 8.69. The number of nitrogens with two attached hydrogens (primary N) is 1. The molecule has 0 spiro atoms. The number of Topliss-reactive ketones (excluding diaryl/α,β-unsaturated/α-hetero) is 1. The van der Waals surface area contributed by atoms with E-state index in [9.17, 15) is 24.6 Å². The van der Waals surface area contributed by atoms with Crippen molar-refractivity contribution < 1.29 is 18.8 Å². The van der Waals surface area contributed by atoms with Gasteiger partial charge in [-0.05, 0) is 78.3 Å². The molecule has 0 saturated heterocycles. The molecule has 8 nitrogen and oxygen atoms in total. The standard InChI is InChI=1S/C33H29Cl2FN4O4/c1-17-9-18(2)22(10-19(17)16-44-29-8-5-20(36)11-25(29)35)30-23(15-37)32(38)39(21-6-7-24(34)26(12-21)40(42)43)27-13-33(3,4)14-28(41)31(27)30/h5-12,30H,13-14,16,38H2,1-4H3. The van der Waals surface area contributed by atoms with Crippen LogP contribution in [0.25, 0.3) is 0 Å². The molecular formula is C33H29Cl2FN4O4. The molecule has 226 valence electrons. The maximum Gasteiger partial charge on any atom is 0.289 e. The smallest absolute Gasteiger partial charge is 0.289 e. The number of ketones is 1. The lowest BCUT2D eigenvalue weighted by atomic mass is 9.68. The SMILES string of the molecule is Cc1cc(C)c(C2C(C#N)=C(N)N(c3ccc(Cl)c([N+](=O)[O-])c3)C3=C2C(=O)CC(C)(C)C3)cc1COc1ccc(F)cc1Cl. The number of ether oxygens (including phenoxy) is 1. The quantitative estimate of drug-likeness (QED) is 0.214. The van der Waals surface area contributed by atoms with Crippen molar-refractivity contribution in [2.75, 3.05) is 4.90 Å². The van der Waals surface area contributed by atoms with Crippen molar-refractivity contribution in [2.45, 2.75) is 53.1 Å². The second kappa shape index (κ2) is 11.6. The zero-order valence-corrected chi connectivity index (χ0v) is 26.0. The zero-order valence-electron chi connectivity index (χ0n) is 24.5. The van der Waals surface area contributed by atoms with E-state index in [2.05, 4.69) is 6.07 Å². The van der Waals surface area contributed by atoms with Gasteiger partial charge in [-0.1, -0.05) is 49.2 Å². The van der Waals surface area contributed by atoms with Gasteiger partial charge in [0, 0.05) is 23.8 Å². The van der Waals surface area contributed by atoms with Gasteiger partial charge < -0.3 is 10.5 Å². The second-order valence-electron chi connectivity index (χ2n) is 11.9. The van der Waals surface area contributed by atoms with Crippen LogP contribution in [0.4, 0.5) is 15.8 Å². The van der Waals surface area contributed by atoms with Crippen molar-refractivity contribution in [1.29, 1.82) is 5.26 Å². The number of hydrogen-bond donors (Lipinski definition) is 1. The van der Waals surface area contributed by atoms with Crippen molar-refractivity contribution in [3.8, 4) is 11.8 Å². The molecule has 0 radical (unpaired) electrons. The first-order valence-electron chi connectivity index (χ1n) is 13.8. The molecule has 1 heterocycles. The number of carbonyl (C=O) groups is 1. The van der Waals surface area contributed by atoms with Crippen LogP contribution in [0.5, 0.6) is 5.75 Å². The summed E-state index contributed by atoms with van der Waals surface area (Å²) in [5.41, 5.74) is 10.7. The number of nitriles is 1. The van der Waals surface area contributed by atoms with Crippen LogP contribution in [-0.2, 0) is 11.4 Å². The molecule has 0 bridgehead atoms. The Hall–Kier alpha value is -4.39. The Kier molecular flexibility index (Phi) is 8.19. The van der Waals surface area contributed by atoms with E-state index in [1.54, 1.807) is 11.0 Å². The number of nitro benzene ring substituents is 1. The first-order valence-corrected chi connectivity index (χ1v) is 14.6. The van der Waals surface area contributed by atoms with Gasteiger partial charge in [0.1, 0.15) is 29.0 Å². The van der Waals surface area contributed by atoms with Gasteiger partial charge in [-0.2, -0.15) is 5.26 Å². The third-order valence-electron chi connectivity index (χ3n) is 8.08. The average Bonchev–Trinajstić information content (AvgIpc) is 2.93. The van der Waals surface area contributed by atoms with E-state index >= 15 is 0 Å². The van der Waals surface area contributed by atoms with Crippen LogP contribution < -0.4 is 15.4 Å². The molecule has 3 aromatic rings. The minimum atomic E-state index is -0.772. The molecule has 3 aromatic carbocycles. The maximum absolute atomic E-state index is 14.0. The molecule has 1 unspecified atom stereocenters. The van der Waals surface area contributed by atoms with Crippen LogP contribution >= 0.6 is 23.2 Å². The third kappa shape index (κ3) is 5.63. The Morgan fingerprint density at radius 1 is 1.11 bits per heavy atom. The lowest BCUT2D eigenvalue weighted by Crippen LogP contribution is -2.42. The number of rotatable bonds is 6. The van der Waals surface area contributed by atoms with Gasteiger partial charge >= 0.3 is 0 Å². The van der Waals surface area contributed by atoms with Gasteiger partial charge in [-0.3, -0.25) is 19.8 Å². The van der Waals surface area contributed by atoms with Crippen molar-refractivity contribution in [1.82, 2.24) is 0 Å². The largest absolute Gasteiger partial charge is 0.487 e. The number of allylic oxidation sites excluding steroid dienone is 3. The van der Waals surface area contributed by atoms with Gasteiger partial charge in [-0.25, -0.2) is 4.39 Å². The molecule has 1 aliphatic heterocycles. The van der Waals surface area contributed by atoms with E-state index < -0.39 is 22.1 Å². The monoisotopic (exact) mass is 634 g/mol. The maximum atomic E-state index is 14.0. The summed E-state index contributed by atoms with van der Waals surface area (Å²) in [6, 6.07) is 14.3. The van der Waals surface area contributed by atoms with E-state index in [0.29, 0.717) is 34.7 Å². The summed E-state index contributed by atoms with van der Waals surface area (Å²) in [6.07, 6.45) is 0.684. The predicted molar refractivity (Wildman–Crippen MR) is 167 cm³/mol. The Morgan fingerprint density at radius 2 is 1.84 bits per heavy atom. The number of aryl methyl sites for hydroxylation is 2. The van der Waals surface area contributed by atoms with E-state index in [1.165, 1.54) is 30.3 Å². The number of halogens is 3. The van der Waals surface area contributed by atoms with Gasteiger partial charge in [0.05, 0.1) is 33.2 Å². The molecule has 0 amide bonds. The fourth-order valence-corrected chi connectivity index (χ4v) is 6.43. The fraction of sp³-hybridized carbons (Fsp3) is 0.273. The topological polar surface area (TPSA) is 122 Å². The van der Waals surface area contributed by atoms with Gasteiger partial charge in [0.2, 0.25) is 0 Å². The number of benzene rings is 3. The molecule has 1 atom stereocenters. The first-order chi connectivity index (χ1) is 20.7. The highest BCUT2D eigenvalue weighted by atomic mass is 35.5. The summed E-state index contributed by atoms with van der Waals surface area (Å²) in [5, 5.41) is 22.3. The lowest BCUT2D eigenvalue weighted by Gasteiger charge is -2.44. The van der Waals surface area contributed by atoms with E-state index in [0.717, 1.165) is 16.7 Å². The van der Waals surface area contributed by atoms with Gasteiger partial charge in [0.15, 0.2) is 5.78 Å². The molecule has 0 saturated carbocycles. The second-order valence-corrected chi connectivity index (χ2v) is 12.7. The number of nitro groups is 1.